The smallest absolute Gasteiger partial charge is 0.410 e. The van der Waals surface area contributed by atoms with Crippen molar-refractivity contribution in [3.63, 3.8) is 0 Å². The molecule has 0 radical (unpaired) electrons. The Balaban J connectivity index is 2.07. The predicted molar refractivity (Wildman–Crippen MR) is 88.9 cm³/mol. The Morgan fingerprint density at radius 2 is 2.09 bits per heavy atom. The van der Waals surface area contributed by atoms with Crippen molar-refractivity contribution < 1.29 is 14.3 Å². The van der Waals surface area contributed by atoms with Gasteiger partial charge in [0, 0.05) is 23.5 Å². The van der Waals surface area contributed by atoms with Crippen LogP contribution in [0.5, 0.6) is 0 Å². The van der Waals surface area contributed by atoms with Crippen LogP contribution in [0.4, 0.5) is 4.79 Å². The first-order valence-electron chi connectivity index (χ1n) is 7.49. The predicted octanol–water partition coefficient (Wildman–Crippen LogP) is 3.99. The number of halogens is 1. The number of carbonyl (C=O) groups excluding carboxylic acids is 2. The summed E-state index contributed by atoms with van der Waals surface area (Å²) in [6.45, 7) is 6.75. The van der Waals surface area contributed by atoms with E-state index in [0.717, 1.165) is 22.7 Å². The van der Waals surface area contributed by atoms with Crippen molar-refractivity contribution in [2.45, 2.75) is 38.7 Å². The van der Waals surface area contributed by atoms with Crippen LogP contribution in [0.2, 0.25) is 0 Å². The van der Waals surface area contributed by atoms with Crippen LogP contribution in [-0.4, -0.2) is 36.0 Å². The maximum Gasteiger partial charge on any atom is 0.410 e. The van der Waals surface area contributed by atoms with E-state index in [1.807, 2.05) is 45.0 Å². The molecule has 1 heterocycles. The van der Waals surface area contributed by atoms with Gasteiger partial charge in [-0.2, -0.15) is 0 Å². The van der Waals surface area contributed by atoms with Gasteiger partial charge in [-0.15, -0.1) is 0 Å². The third kappa shape index (κ3) is 4.09. The van der Waals surface area contributed by atoms with Gasteiger partial charge in [0.25, 0.3) is 0 Å². The molecular formula is C17H22BrNO3. The summed E-state index contributed by atoms with van der Waals surface area (Å²) >= 11 is 3.50. The molecule has 120 valence electrons. The van der Waals surface area contributed by atoms with Crippen LogP contribution in [0.15, 0.2) is 28.7 Å². The lowest BCUT2D eigenvalue weighted by Crippen LogP contribution is -2.35. The number of hydrogen-bond acceptors (Lipinski definition) is 3. The number of nitrogens with zero attached hydrogens (tertiary/aromatic N) is 1. The van der Waals surface area contributed by atoms with E-state index in [2.05, 4.69) is 15.9 Å². The van der Waals surface area contributed by atoms with Crippen molar-refractivity contribution in [1.29, 1.82) is 0 Å². The highest BCUT2D eigenvalue weighted by atomic mass is 79.9. The normalized spacial score (nSPS) is 19.8. The first kappa shape index (κ1) is 17.0. The number of aldehydes is 1. The zero-order chi connectivity index (χ0) is 16.3. The lowest BCUT2D eigenvalue weighted by Gasteiger charge is -2.25. The molecule has 2 atom stereocenters. The van der Waals surface area contributed by atoms with Gasteiger partial charge in [-0.1, -0.05) is 34.1 Å². The highest BCUT2D eigenvalue weighted by Crippen LogP contribution is 2.34. The molecular weight excluding hydrogens is 346 g/mol. The lowest BCUT2D eigenvalue weighted by molar-refractivity contribution is -0.110. The van der Waals surface area contributed by atoms with E-state index in [4.69, 9.17) is 4.74 Å². The van der Waals surface area contributed by atoms with Gasteiger partial charge in [0.05, 0.1) is 0 Å². The average Bonchev–Trinajstić information content (AvgIpc) is 2.89. The molecule has 1 aromatic carbocycles. The summed E-state index contributed by atoms with van der Waals surface area (Å²) in [7, 11) is 0. The standard InChI is InChI=1S/C17H22BrNO3/c1-17(2,3)22-16(21)19-9-8-12(10-19)14(11-20)13-6-4-5-7-15(13)18/h4-7,11-12,14H,8-10H2,1-3H3. The zero-order valence-corrected chi connectivity index (χ0v) is 14.8. The molecule has 0 N–H and O–H groups in total. The topological polar surface area (TPSA) is 46.6 Å². The first-order chi connectivity index (χ1) is 10.3. The molecule has 1 aliphatic rings. The minimum absolute atomic E-state index is 0.128. The third-order valence-electron chi connectivity index (χ3n) is 3.80. The average molecular weight is 368 g/mol. The van der Waals surface area contributed by atoms with Crippen LogP contribution < -0.4 is 0 Å². The maximum absolute atomic E-state index is 12.1. The second kappa shape index (κ2) is 6.82. The molecule has 1 saturated heterocycles. The summed E-state index contributed by atoms with van der Waals surface area (Å²) in [4.78, 5) is 25.4. The summed E-state index contributed by atoms with van der Waals surface area (Å²) < 4.78 is 6.34. The van der Waals surface area contributed by atoms with Gasteiger partial charge in [0.2, 0.25) is 0 Å². The van der Waals surface area contributed by atoms with E-state index in [1.54, 1.807) is 4.90 Å². The molecule has 2 rings (SSSR count). The Kier molecular flexibility index (Phi) is 5.27. The van der Waals surface area contributed by atoms with Crippen LogP contribution in [0, 0.1) is 5.92 Å². The summed E-state index contributed by atoms with van der Waals surface area (Å²) in [5.74, 6) is -0.0771. The van der Waals surface area contributed by atoms with E-state index in [0.29, 0.717) is 13.1 Å². The van der Waals surface area contributed by atoms with E-state index >= 15 is 0 Å². The van der Waals surface area contributed by atoms with Crippen LogP contribution >= 0.6 is 15.9 Å². The molecule has 0 aromatic heterocycles. The van der Waals surface area contributed by atoms with E-state index in [1.165, 1.54) is 0 Å². The van der Waals surface area contributed by atoms with E-state index in [-0.39, 0.29) is 17.9 Å². The van der Waals surface area contributed by atoms with Gasteiger partial charge in [0.1, 0.15) is 11.9 Å². The molecule has 0 spiro atoms. The molecule has 1 fully saturated rings. The third-order valence-corrected chi connectivity index (χ3v) is 4.52. The minimum Gasteiger partial charge on any atom is -0.444 e. The lowest BCUT2D eigenvalue weighted by atomic mass is 9.86. The van der Waals surface area contributed by atoms with Crippen molar-refractivity contribution in [2.24, 2.45) is 5.92 Å². The summed E-state index contributed by atoms with van der Waals surface area (Å²) in [6, 6.07) is 7.75. The molecule has 1 amide bonds. The molecule has 0 bridgehead atoms. The molecule has 0 aliphatic carbocycles. The molecule has 22 heavy (non-hydrogen) atoms. The SMILES string of the molecule is CC(C)(C)OC(=O)N1CCC(C(C=O)c2ccccc2Br)C1. The van der Waals surface area contributed by atoms with Gasteiger partial charge in [-0.05, 0) is 44.7 Å². The van der Waals surface area contributed by atoms with Crippen LogP contribution in [-0.2, 0) is 9.53 Å². The number of benzene rings is 1. The van der Waals surface area contributed by atoms with Crippen molar-refractivity contribution >= 4 is 28.3 Å². The number of rotatable bonds is 3. The Bertz CT molecular complexity index is 553. The quantitative estimate of drug-likeness (QED) is 0.758. The zero-order valence-electron chi connectivity index (χ0n) is 13.2. The van der Waals surface area contributed by atoms with Crippen LogP contribution in [0.1, 0.15) is 38.7 Å². The fourth-order valence-corrected chi connectivity index (χ4v) is 3.31. The van der Waals surface area contributed by atoms with Gasteiger partial charge in [-0.3, -0.25) is 0 Å². The van der Waals surface area contributed by atoms with Gasteiger partial charge in [0.15, 0.2) is 0 Å². The van der Waals surface area contributed by atoms with Crippen molar-refractivity contribution in [2.75, 3.05) is 13.1 Å². The minimum atomic E-state index is -0.498. The fourth-order valence-electron chi connectivity index (χ4n) is 2.76. The number of likely N-dealkylation sites (tertiary alicyclic amines) is 1. The number of carbonyl (C=O) groups is 2. The largest absolute Gasteiger partial charge is 0.444 e. The summed E-state index contributed by atoms with van der Waals surface area (Å²) in [5, 5.41) is 0. The molecule has 1 aromatic rings. The highest BCUT2D eigenvalue weighted by Gasteiger charge is 2.35. The Labute approximate surface area is 140 Å². The molecule has 1 aliphatic heterocycles. The second-order valence-electron chi connectivity index (χ2n) is 6.66. The number of amides is 1. The van der Waals surface area contributed by atoms with Crippen molar-refractivity contribution in [3.8, 4) is 0 Å². The van der Waals surface area contributed by atoms with Crippen LogP contribution in [0.25, 0.3) is 0 Å². The van der Waals surface area contributed by atoms with Gasteiger partial charge < -0.3 is 14.4 Å². The van der Waals surface area contributed by atoms with Crippen molar-refractivity contribution in [1.82, 2.24) is 4.90 Å². The molecule has 5 heteroatoms. The monoisotopic (exact) mass is 367 g/mol. The fraction of sp³-hybridized carbons (Fsp3) is 0.529. The first-order valence-corrected chi connectivity index (χ1v) is 8.29. The maximum atomic E-state index is 12.1. The van der Waals surface area contributed by atoms with Gasteiger partial charge in [-0.25, -0.2) is 4.79 Å². The highest BCUT2D eigenvalue weighted by molar-refractivity contribution is 9.10. The Morgan fingerprint density at radius 3 is 2.68 bits per heavy atom. The van der Waals surface area contributed by atoms with Gasteiger partial charge >= 0.3 is 6.09 Å². The number of ether oxygens (including phenoxy) is 1. The molecule has 4 nitrogen and oxygen atoms in total. The summed E-state index contributed by atoms with van der Waals surface area (Å²) in [6.07, 6.45) is 1.50. The second-order valence-corrected chi connectivity index (χ2v) is 7.51. The van der Waals surface area contributed by atoms with Crippen molar-refractivity contribution in [3.05, 3.63) is 34.3 Å². The molecule has 2 unspecified atom stereocenters. The van der Waals surface area contributed by atoms with Crippen LogP contribution in [0.3, 0.4) is 0 Å². The Hall–Kier alpha value is -1.36. The van der Waals surface area contributed by atoms with E-state index < -0.39 is 5.60 Å². The Morgan fingerprint density at radius 1 is 1.41 bits per heavy atom. The molecule has 0 saturated carbocycles. The summed E-state index contributed by atoms with van der Waals surface area (Å²) in [5.41, 5.74) is 0.482. The van der Waals surface area contributed by atoms with E-state index in [9.17, 15) is 9.59 Å². The number of hydrogen-bond donors (Lipinski definition) is 0.